The predicted octanol–water partition coefficient (Wildman–Crippen LogP) is 3.43. The Kier molecular flexibility index (Phi) is 4.75. The molecule has 8 heteroatoms. The van der Waals surface area contributed by atoms with Crippen LogP contribution in [-0.2, 0) is 17.9 Å². The molecule has 0 aliphatic heterocycles. The number of benzene rings is 2. The first-order chi connectivity index (χ1) is 13.0. The second-order valence-corrected chi connectivity index (χ2v) is 8.20. The van der Waals surface area contributed by atoms with Crippen LogP contribution in [0.1, 0.15) is 5.01 Å². The molecule has 0 unspecified atom stereocenters. The molecule has 4 rings (SSSR count). The summed E-state index contributed by atoms with van der Waals surface area (Å²) in [6, 6.07) is 13.2. The molecule has 0 bridgehead atoms. The quantitative estimate of drug-likeness (QED) is 0.485. The maximum absolute atomic E-state index is 12.6. The summed E-state index contributed by atoms with van der Waals surface area (Å²) in [6.45, 7) is 0.342. The molecule has 27 heavy (non-hydrogen) atoms. The van der Waals surface area contributed by atoms with Gasteiger partial charge in [-0.15, -0.1) is 11.3 Å². The molecule has 6 nitrogen and oxygen atoms in total. The zero-order valence-electron chi connectivity index (χ0n) is 14.4. The number of hydrogen-bond donors (Lipinski definition) is 0. The lowest BCUT2D eigenvalue weighted by atomic mass is 10.2. The summed E-state index contributed by atoms with van der Waals surface area (Å²) in [6.07, 6.45) is 1.42. The molecule has 0 atom stereocenters. The fraction of sp³-hybridized carbons (Fsp3) is 0.158. The minimum atomic E-state index is -0.233. The minimum absolute atomic E-state index is 0.0598. The SMILES string of the molecule is CN(Cc1nc2ccccc2s1)C(=O)Cn1cnc2ccc(Br)cc2c1=O. The van der Waals surface area contributed by atoms with Crippen LogP contribution in [0.3, 0.4) is 0 Å². The van der Waals surface area contributed by atoms with Gasteiger partial charge in [0.15, 0.2) is 0 Å². The van der Waals surface area contributed by atoms with Gasteiger partial charge in [0.2, 0.25) is 5.91 Å². The minimum Gasteiger partial charge on any atom is -0.337 e. The summed E-state index contributed by atoms with van der Waals surface area (Å²) < 4.78 is 3.23. The topological polar surface area (TPSA) is 68.1 Å². The van der Waals surface area contributed by atoms with Gasteiger partial charge in [-0.05, 0) is 30.3 Å². The molecule has 0 N–H and O–H groups in total. The second kappa shape index (κ2) is 7.21. The second-order valence-electron chi connectivity index (χ2n) is 6.16. The average Bonchev–Trinajstić information content (AvgIpc) is 3.06. The third-order valence-corrected chi connectivity index (χ3v) is 5.74. The van der Waals surface area contributed by atoms with Crippen LogP contribution in [0.25, 0.3) is 21.1 Å². The lowest BCUT2D eigenvalue weighted by Gasteiger charge is -2.16. The van der Waals surface area contributed by atoms with Crippen molar-refractivity contribution in [2.24, 2.45) is 0 Å². The van der Waals surface area contributed by atoms with Crippen LogP contribution in [0.4, 0.5) is 0 Å². The Morgan fingerprint density at radius 1 is 1.22 bits per heavy atom. The highest BCUT2D eigenvalue weighted by Crippen LogP contribution is 2.22. The molecule has 0 aliphatic carbocycles. The number of carbonyl (C=O) groups excluding carboxylic acids is 1. The highest BCUT2D eigenvalue weighted by atomic mass is 79.9. The van der Waals surface area contributed by atoms with E-state index in [9.17, 15) is 9.59 Å². The molecule has 2 heterocycles. The van der Waals surface area contributed by atoms with Gasteiger partial charge in [-0.2, -0.15) is 0 Å². The van der Waals surface area contributed by atoms with Gasteiger partial charge < -0.3 is 4.90 Å². The fourth-order valence-electron chi connectivity index (χ4n) is 2.79. The summed E-state index contributed by atoms with van der Waals surface area (Å²) >= 11 is 4.92. The van der Waals surface area contributed by atoms with Gasteiger partial charge in [-0.3, -0.25) is 14.2 Å². The first-order valence-corrected chi connectivity index (χ1v) is 9.85. The maximum Gasteiger partial charge on any atom is 0.261 e. The number of nitrogens with zero attached hydrogens (tertiary/aromatic N) is 4. The molecule has 4 aromatic rings. The van der Waals surface area contributed by atoms with Gasteiger partial charge in [-0.25, -0.2) is 9.97 Å². The number of rotatable bonds is 4. The van der Waals surface area contributed by atoms with Crippen molar-refractivity contribution in [3.05, 3.63) is 68.6 Å². The highest BCUT2D eigenvalue weighted by Gasteiger charge is 2.14. The zero-order valence-corrected chi connectivity index (χ0v) is 16.8. The fourth-order valence-corrected chi connectivity index (χ4v) is 4.17. The van der Waals surface area contributed by atoms with Crippen molar-refractivity contribution in [3.8, 4) is 0 Å². The van der Waals surface area contributed by atoms with Crippen molar-refractivity contribution in [1.29, 1.82) is 0 Å². The van der Waals surface area contributed by atoms with E-state index in [0.717, 1.165) is 19.7 Å². The van der Waals surface area contributed by atoms with E-state index in [0.29, 0.717) is 17.4 Å². The third kappa shape index (κ3) is 3.63. The van der Waals surface area contributed by atoms with Crippen LogP contribution >= 0.6 is 27.3 Å². The van der Waals surface area contributed by atoms with E-state index in [4.69, 9.17) is 0 Å². The summed E-state index contributed by atoms with van der Waals surface area (Å²) in [5.74, 6) is -0.174. The van der Waals surface area contributed by atoms with Gasteiger partial charge in [0.05, 0.1) is 34.0 Å². The summed E-state index contributed by atoms with van der Waals surface area (Å²) in [7, 11) is 1.71. The van der Waals surface area contributed by atoms with E-state index in [1.165, 1.54) is 10.9 Å². The average molecular weight is 443 g/mol. The largest absolute Gasteiger partial charge is 0.337 e. The number of thiazole rings is 1. The molecule has 2 aromatic heterocycles. The number of para-hydroxylation sites is 1. The Labute approximate surface area is 167 Å². The van der Waals surface area contributed by atoms with Crippen LogP contribution in [0.5, 0.6) is 0 Å². The van der Waals surface area contributed by atoms with Gasteiger partial charge in [0, 0.05) is 11.5 Å². The number of likely N-dealkylation sites (N-methyl/N-ethyl adjacent to an activating group) is 1. The Balaban J connectivity index is 1.53. The first kappa shape index (κ1) is 17.8. The standard InChI is InChI=1S/C19H15BrN4O2S/c1-23(9-17-22-15-4-2-3-5-16(15)27-17)18(25)10-24-11-21-14-7-6-12(20)8-13(14)19(24)26/h2-8,11H,9-10H2,1H3. The lowest BCUT2D eigenvalue weighted by Crippen LogP contribution is -2.33. The van der Waals surface area contributed by atoms with Crippen LogP contribution in [0.2, 0.25) is 0 Å². The van der Waals surface area contributed by atoms with Crippen LogP contribution in [0, 0.1) is 0 Å². The molecule has 0 saturated carbocycles. The maximum atomic E-state index is 12.6. The van der Waals surface area contributed by atoms with E-state index in [1.54, 1.807) is 35.4 Å². The molecule has 2 aromatic carbocycles. The molecule has 1 amide bonds. The number of hydrogen-bond acceptors (Lipinski definition) is 5. The number of amides is 1. The molecular formula is C19H15BrN4O2S. The highest BCUT2D eigenvalue weighted by molar-refractivity contribution is 9.10. The van der Waals surface area contributed by atoms with Crippen molar-refractivity contribution in [2.75, 3.05) is 7.05 Å². The molecule has 0 saturated heterocycles. The number of halogens is 1. The van der Waals surface area contributed by atoms with Crippen molar-refractivity contribution < 1.29 is 4.79 Å². The van der Waals surface area contributed by atoms with Gasteiger partial charge in [0.1, 0.15) is 11.6 Å². The van der Waals surface area contributed by atoms with E-state index in [2.05, 4.69) is 25.9 Å². The van der Waals surface area contributed by atoms with Gasteiger partial charge in [0.25, 0.3) is 5.56 Å². The Morgan fingerprint density at radius 3 is 2.85 bits per heavy atom. The number of carbonyl (C=O) groups is 1. The van der Waals surface area contributed by atoms with Crippen LogP contribution in [-0.4, -0.2) is 32.4 Å². The molecule has 136 valence electrons. The van der Waals surface area contributed by atoms with Gasteiger partial charge in [-0.1, -0.05) is 28.1 Å². The Bertz CT molecular complexity index is 1180. The Morgan fingerprint density at radius 2 is 2.04 bits per heavy atom. The summed E-state index contributed by atoms with van der Waals surface area (Å²) in [5.41, 5.74) is 1.30. The monoisotopic (exact) mass is 442 g/mol. The van der Waals surface area contributed by atoms with Crippen LogP contribution < -0.4 is 5.56 Å². The molecular weight excluding hydrogens is 428 g/mol. The number of aromatic nitrogens is 3. The molecule has 0 radical (unpaired) electrons. The van der Waals surface area contributed by atoms with E-state index < -0.39 is 0 Å². The normalized spacial score (nSPS) is 11.2. The molecule has 0 fully saturated rings. The smallest absolute Gasteiger partial charge is 0.261 e. The van der Waals surface area contributed by atoms with Crippen molar-refractivity contribution >= 4 is 54.3 Å². The summed E-state index contributed by atoms with van der Waals surface area (Å²) in [4.78, 5) is 35.6. The first-order valence-electron chi connectivity index (χ1n) is 8.24. The third-order valence-electron chi connectivity index (χ3n) is 4.23. The molecule has 0 spiro atoms. The van der Waals surface area contributed by atoms with E-state index in [1.807, 2.05) is 30.3 Å². The van der Waals surface area contributed by atoms with Crippen molar-refractivity contribution in [3.63, 3.8) is 0 Å². The number of fused-ring (bicyclic) bond motifs is 2. The zero-order chi connectivity index (χ0) is 19.0. The summed E-state index contributed by atoms with van der Waals surface area (Å²) in [5, 5.41) is 1.34. The molecule has 0 aliphatic rings. The lowest BCUT2D eigenvalue weighted by molar-refractivity contribution is -0.131. The van der Waals surface area contributed by atoms with Crippen LogP contribution in [0.15, 0.2) is 58.1 Å². The predicted molar refractivity (Wildman–Crippen MR) is 110 cm³/mol. The Hall–Kier alpha value is -2.58. The van der Waals surface area contributed by atoms with E-state index in [-0.39, 0.29) is 18.0 Å². The van der Waals surface area contributed by atoms with Crippen molar-refractivity contribution in [1.82, 2.24) is 19.4 Å². The van der Waals surface area contributed by atoms with E-state index >= 15 is 0 Å². The van der Waals surface area contributed by atoms with Crippen molar-refractivity contribution in [2.45, 2.75) is 13.1 Å². The van der Waals surface area contributed by atoms with Gasteiger partial charge >= 0.3 is 0 Å².